The number of aliphatic carboxylic acids is 3. The van der Waals surface area contributed by atoms with Crippen molar-refractivity contribution in [2.45, 2.75) is 174 Å². The van der Waals surface area contributed by atoms with Crippen LogP contribution in [0.3, 0.4) is 0 Å². The van der Waals surface area contributed by atoms with E-state index in [4.69, 9.17) is 0 Å². The predicted molar refractivity (Wildman–Crippen MR) is 161 cm³/mol. The molecule has 0 aromatic carbocycles. The van der Waals surface area contributed by atoms with Crippen LogP contribution < -0.4 is 5.11 Å². The maximum Gasteiger partial charge on any atom is 0.362 e. The number of allylic oxidation sites excluding steroid dienone is 2. The number of carboxylic acids is 3. The second-order valence-electron chi connectivity index (χ2n) is 11.8. The number of carbonyl (C=O) groups excluding carboxylic acids is 1. The average molecular weight is 568 g/mol. The first-order chi connectivity index (χ1) is 19.1. The van der Waals surface area contributed by atoms with Gasteiger partial charge in [0.25, 0.3) is 0 Å². The Hall–Kier alpha value is -1.89. The summed E-state index contributed by atoms with van der Waals surface area (Å²) in [4.78, 5) is 35.3. The molecule has 0 radical (unpaired) electrons. The molecule has 3 atom stereocenters. The van der Waals surface area contributed by atoms with Gasteiger partial charge in [-0.25, -0.2) is 9.59 Å². The first-order valence-corrected chi connectivity index (χ1v) is 16.3. The minimum atomic E-state index is -1.42. The van der Waals surface area contributed by atoms with E-state index in [1.165, 1.54) is 124 Å². The van der Waals surface area contributed by atoms with Crippen molar-refractivity contribution in [2.24, 2.45) is 0 Å². The van der Waals surface area contributed by atoms with Crippen LogP contribution in [0.1, 0.15) is 156 Å². The molecule has 0 aromatic heterocycles. The number of nitrogens with zero attached hydrogens (tertiary/aromatic N) is 1. The Morgan fingerprint density at radius 3 is 1.23 bits per heavy atom. The third kappa shape index (κ3) is 15.8. The van der Waals surface area contributed by atoms with Gasteiger partial charge in [0.2, 0.25) is 0 Å². The fourth-order valence-electron chi connectivity index (χ4n) is 5.90. The molecule has 0 aliphatic rings. The van der Waals surface area contributed by atoms with Crippen molar-refractivity contribution < 1.29 is 34.2 Å². The maximum absolute atomic E-state index is 11.8. The molecule has 7 nitrogen and oxygen atoms in total. The van der Waals surface area contributed by atoms with Crippen molar-refractivity contribution in [1.29, 1.82) is 0 Å². The Kier molecular flexibility index (Phi) is 22.7. The van der Waals surface area contributed by atoms with E-state index in [0.29, 0.717) is 6.42 Å². The molecule has 3 unspecified atom stereocenters. The van der Waals surface area contributed by atoms with Crippen LogP contribution in [0.25, 0.3) is 0 Å². The Morgan fingerprint density at radius 1 is 0.575 bits per heavy atom. The molecule has 0 spiro atoms. The lowest BCUT2D eigenvalue weighted by Gasteiger charge is -2.49. The first-order valence-electron chi connectivity index (χ1n) is 16.3. The van der Waals surface area contributed by atoms with Crippen molar-refractivity contribution in [3.63, 3.8) is 0 Å². The van der Waals surface area contributed by atoms with E-state index in [-0.39, 0.29) is 6.54 Å². The van der Waals surface area contributed by atoms with Crippen molar-refractivity contribution in [1.82, 2.24) is 0 Å². The fourth-order valence-corrected chi connectivity index (χ4v) is 5.90. The quantitative estimate of drug-likeness (QED) is 0.0584. The van der Waals surface area contributed by atoms with Gasteiger partial charge in [-0.3, -0.25) is 4.48 Å². The molecule has 2 N–H and O–H groups in total. The highest BCUT2D eigenvalue weighted by molar-refractivity contribution is 5.76. The van der Waals surface area contributed by atoms with Crippen molar-refractivity contribution in [3.05, 3.63) is 12.2 Å². The van der Waals surface area contributed by atoms with Gasteiger partial charge in [0.1, 0.15) is 6.04 Å². The minimum Gasteiger partial charge on any atom is -0.544 e. The number of carbonyl (C=O) groups is 3. The van der Waals surface area contributed by atoms with E-state index < -0.39 is 40.5 Å². The Morgan fingerprint density at radius 2 is 0.900 bits per heavy atom. The molecule has 40 heavy (non-hydrogen) atoms. The van der Waals surface area contributed by atoms with Gasteiger partial charge in [-0.15, -0.1) is 0 Å². The highest BCUT2D eigenvalue weighted by atomic mass is 16.4. The van der Waals surface area contributed by atoms with Crippen LogP contribution in [0.15, 0.2) is 12.2 Å². The summed E-state index contributed by atoms with van der Waals surface area (Å²) in [7, 11) is 0. The summed E-state index contributed by atoms with van der Waals surface area (Å²) in [6.07, 6.45) is 29.0. The molecule has 0 fully saturated rings. The van der Waals surface area contributed by atoms with Gasteiger partial charge in [0, 0.05) is 0 Å². The monoisotopic (exact) mass is 567 g/mol. The van der Waals surface area contributed by atoms with Gasteiger partial charge in [-0.2, -0.15) is 0 Å². The molecular formula is C33H61NO6. The highest BCUT2D eigenvalue weighted by Gasteiger charge is 2.50. The third-order valence-electron chi connectivity index (χ3n) is 8.76. The molecule has 0 amide bonds. The molecule has 0 saturated carbocycles. The van der Waals surface area contributed by atoms with E-state index in [1.807, 2.05) is 0 Å². The summed E-state index contributed by atoms with van der Waals surface area (Å²) < 4.78 is -0.538. The number of carboxylic acid groups (broad SMARTS) is 3. The lowest BCUT2D eigenvalue weighted by atomic mass is 9.99. The van der Waals surface area contributed by atoms with Crippen LogP contribution >= 0.6 is 0 Å². The van der Waals surface area contributed by atoms with E-state index in [0.717, 1.165) is 19.3 Å². The normalized spacial score (nSPS) is 15.5. The number of unbranched alkanes of at least 4 members (excludes halogenated alkanes) is 18. The standard InChI is InChI=1S/C33H61NO6/c1-5-6-7-8-9-10-11-12-13-14-15-16-17-18-19-20-21-22-23-24-25-26-27-34(28(2)31(35)36,29(3)32(37)38)30(4)33(39)40/h7-8,28-30H,5-6,9-27H2,1-4H3,(H2-,35,36,37,38,39,40)/b8-7+. The zero-order valence-corrected chi connectivity index (χ0v) is 26.2. The van der Waals surface area contributed by atoms with Crippen LogP contribution in [0.2, 0.25) is 0 Å². The van der Waals surface area contributed by atoms with E-state index in [1.54, 1.807) is 0 Å². The van der Waals surface area contributed by atoms with Gasteiger partial charge < -0.3 is 20.1 Å². The van der Waals surface area contributed by atoms with E-state index in [9.17, 15) is 29.7 Å². The van der Waals surface area contributed by atoms with E-state index >= 15 is 0 Å². The summed E-state index contributed by atoms with van der Waals surface area (Å²) in [6, 6.07) is -3.55. The molecule has 234 valence electrons. The fraction of sp³-hybridized carbons (Fsp3) is 0.848. The summed E-state index contributed by atoms with van der Waals surface area (Å²) in [5, 5.41) is 31.0. The summed E-state index contributed by atoms with van der Waals surface area (Å²) in [5.41, 5.74) is 0. The number of hydrogen-bond donors (Lipinski definition) is 2. The second kappa shape index (κ2) is 23.8. The molecule has 0 saturated heterocycles. The van der Waals surface area contributed by atoms with Crippen molar-refractivity contribution in [3.8, 4) is 0 Å². The molecule has 0 bridgehead atoms. The molecule has 0 aliphatic heterocycles. The Labute approximate surface area is 245 Å². The molecule has 7 heteroatoms. The molecule has 0 aliphatic carbocycles. The molecule has 0 heterocycles. The Balaban J connectivity index is 3.95. The highest BCUT2D eigenvalue weighted by Crippen LogP contribution is 2.27. The SMILES string of the molecule is CCC/C=C/CCCCCCCCCCCCCCCCCCC[N+](C(C)C(=O)[O-])(C(C)C(=O)O)C(C)C(=O)O. The number of quaternary nitrogens is 1. The molecule has 0 rings (SSSR count). The van der Waals surface area contributed by atoms with Crippen LogP contribution in [-0.4, -0.2) is 57.3 Å². The summed E-state index contributed by atoms with van der Waals surface area (Å²) in [5.74, 6) is -3.81. The third-order valence-corrected chi connectivity index (χ3v) is 8.76. The topological polar surface area (TPSA) is 115 Å². The number of hydrogen-bond acceptors (Lipinski definition) is 4. The zero-order valence-electron chi connectivity index (χ0n) is 26.2. The first kappa shape index (κ1) is 38.1. The summed E-state index contributed by atoms with van der Waals surface area (Å²) in [6.45, 7) is 6.57. The Bertz CT molecular complexity index is 657. The lowest BCUT2D eigenvalue weighted by Crippen LogP contribution is -2.72. The van der Waals surface area contributed by atoms with Gasteiger partial charge in [0.15, 0.2) is 12.1 Å². The van der Waals surface area contributed by atoms with Gasteiger partial charge in [0.05, 0.1) is 12.5 Å². The largest absolute Gasteiger partial charge is 0.544 e. The van der Waals surface area contributed by atoms with E-state index in [2.05, 4.69) is 19.1 Å². The van der Waals surface area contributed by atoms with Gasteiger partial charge >= 0.3 is 11.9 Å². The minimum absolute atomic E-state index is 0.187. The van der Waals surface area contributed by atoms with Crippen LogP contribution in [0, 0.1) is 0 Å². The summed E-state index contributed by atoms with van der Waals surface area (Å²) >= 11 is 0. The number of rotatable bonds is 28. The van der Waals surface area contributed by atoms with Gasteiger partial charge in [-0.05, 0) is 52.9 Å². The predicted octanol–water partition coefficient (Wildman–Crippen LogP) is 7.27. The molecular weight excluding hydrogens is 506 g/mol. The molecule has 0 aromatic rings. The average Bonchev–Trinajstić information content (AvgIpc) is 2.92. The van der Waals surface area contributed by atoms with Crippen LogP contribution in [0.4, 0.5) is 0 Å². The smallest absolute Gasteiger partial charge is 0.362 e. The van der Waals surface area contributed by atoms with Crippen LogP contribution in [-0.2, 0) is 14.4 Å². The zero-order chi connectivity index (χ0) is 30.2. The maximum atomic E-state index is 11.8. The second-order valence-corrected chi connectivity index (χ2v) is 11.8. The van der Waals surface area contributed by atoms with Crippen molar-refractivity contribution in [2.75, 3.05) is 6.54 Å². The van der Waals surface area contributed by atoms with Gasteiger partial charge in [-0.1, -0.05) is 115 Å². The van der Waals surface area contributed by atoms with Crippen molar-refractivity contribution >= 4 is 17.9 Å². The lowest BCUT2D eigenvalue weighted by molar-refractivity contribution is -0.969. The van der Waals surface area contributed by atoms with Crippen LogP contribution in [0.5, 0.6) is 0 Å².